The maximum Gasteiger partial charge on any atom is 0.249 e. The Morgan fingerprint density at radius 2 is 2.27 bits per heavy atom. The first-order valence-electron chi connectivity index (χ1n) is 4.10. The second-order valence-electron chi connectivity index (χ2n) is 2.73. The molecule has 1 rings (SSSR count). The van der Waals surface area contributed by atoms with E-state index in [9.17, 15) is 4.79 Å². The third-order valence-electron chi connectivity index (χ3n) is 2.06. The van der Waals surface area contributed by atoms with Gasteiger partial charge in [0.15, 0.2) is 0 Å². The monoisotopic (exact) mass is 154 g/mol. The average Bonchev–Trinajstić information content (AvgIpc) is 2.40. The largest absolute Gasteiger partial charge is 0.299 e. The van der Waals surface area contributed by atoms with Crippen LogP contribution in [-0.4, -0.2) is 29.7 Å². The fourth-order valence-electron chi connectivity index (χ4n) is 1.33. The maximum absolute atomic E-state index is 11.1. The van der Waals surface area contributed by atoms with E-state index in [2.05, 4.69) is 18.8 Å². The molecule has 0 aliphatic carbocycles. The molecule has 0 saturated carbocycles. The third kappa shape index (κ3) is 1.59. The SMILES string of the molecule is CCC(CC)N1C=NCC1=O. The predicted octanol–water partition coefficient (Wildman–Crippen LogP) is 1.05. The number of carbonyl (C=O) groups excluding carboxylic acids is 1. The average molecular weight is 154 g/mol. The Labute approximate surface area is 67.1 Å². The summed E-state index contributed by atoms with van der Waals surface area (Å²) < 4.78 is 0. The van der Waals surface area contributed by atoms with Crippen molar-refractivity contribution >= 4 is 12.2 Å². The summed E-state index contributed by atoms with van der Waals surface area (Å²) in [5, 5.41) is 0. The van der Waals surface area contributed by atoms with Crippen molar-refractivity contribution in [1.29, 1.82) is 0 Å². The molecule has 3 nitrogen and oxygen atoms in total. The van der Waals surface area contributed by atoms with Gasteiger partial charge in [-0.05, 0) is 12.8 Å². The Hall–Kier alpha value is -0.860. The van der Waals surface area contributed by atoms with Gasteiger partial charge in [0.05, 0.1) is 6.34 Å². The van der Waals surface area contributed by atoms with Crippen LogP contribution in [-0.2, 0) is 4.79 Å². The lowest BCUT2D eigenvalue weighted by atomic mass is 10.1. The van der Waals surface area contributed by atoms with Gasteiger partial charge in [-0.25, -0.2) is 0 Å². The molecule has 1 amide bonds. The van der Waals surface area contributed by atoms with Gasteiger partial charge >= 0.3 is 0 Å². The minimum atomic E-state index is 0.138. The zero-order valence-electron chi connectivity index (χ0n) is 7.08. The fraction of sp³-hybridized carbons (Fsp3) is 0.750. The smallest absolute Gasteiger partial charge is 0.249 e. The maximum atomic E-state index is 11.1. The summed E-state index contributed by atoms with van der Waals surface area (Å²) in [5.74, 6) is 0.138. The van der Waals surface area contributed by atoms with Gasteiger partial charge in [-0.1, -0.05) is 13.8 Å². The molecule has 0 atom stereocenters. The molecular weight excluding hydrogens is 140 g/mol. The second-order valence-corrected chi connectivity index (χ2v) is 2.73. The summed E-state index contributed by atoms with van der Waals surface area (Å²) in [5.41, 5.74) is 0. The normalized spacial score (nSPS) is 17.0. The summed E-state index contributed by atoms with van der Waals surface area (Å²) in [6.45, 7) is 4.53. The van der Waals surface area contributed by atoms with E-state index in [-0.39, 0.29) is 5.91 Å². The van der Waals surface area contributed by atoms with Crippen molar-refractivity contribution in [1.82, 2.24) is 4.90 Å². The van der Waals surface area contributed by atoms with Gasteiger partial charge in [-0.3, -0.25) is 14.7 Å². The van der Waals surface area contributed by atoms with E-state index in [1.165, 1.54) is 0 Å². The molecule has 0 radical (unpaired) electrons. The topological polar surface area (TPSA) is 32.7 Å². The lowest BCUT2D eigenvalue weighted by Crippen LogP contribution is -2.35. The molecule has 0 aromatic heterocycles. The number of rotatable bonds is 3. The molecule has 0 unspecified atom stereocenters. The highest BCUT2D eigenvalue weighted by Crippen LogP contribution is 2.09. The minimum absolute atomic E-state index is 0.138. The first kappa shape index (κ1) is 8.24. The standard InChI is InChI=1S/C8H14N2O/c1-3-7(4-2)10-6-9-5-8(10)11/h6-7H,3-5H2,1-2H3. The van der Waals surface area contributed by atoms with Crippen molar-refractivity contribution in [2.45, 2.75) is 32.7 Å². The Balaban J connectivity index is 2.57. The highest BCUT2D eigenvalue weighted by molar-refractivity contribution is 5.94. The quantitative estimate of drug-likeness (QED) is 0.598. The first-order chi connectivity index (χ1) is 5.29. The Morgan fingerprint density at radius 1 is 1.64 bits per heavy atom. The molecule has 62 valence electrons. The van der Waals surface area contributed by atoms with Gasteiger partial charge in [-0.2, -0.15) is 0 Å². The van der Waals surface area contributed by atoms with Crippen LogP contribution >= 0.6 is 0 Å². The van der Waals surface area contributed by atoms with Gasteiger partial charge in [0.2, 0.25) is 5.91 Å². The molecule has 1 heterocycles. The molecule has 0 spiro atoms. The van der Waals surface area contributed by atoms with Crippen LogP contribution in [0.2, 0.25) is 0 Å². The Bertz CT molecular complexity index is 173. The molecule has 0 bridgehead atoms. The Morgan fingerprint density at radius 3 is 2.64 bits per heavy atom. The van der Waals surface area contributed by atoms with Crippen LogP contribution < -0.4 is 0 Å². The Kier molecular flexibility index (Phi) is 2.63. The van der Waals surface area contributed by atoms with Crippen LogP contribution in [0.1, 0.15) is 26.7 Å². The molecule has 0 N–H and O–H groups in total. The van der Waals surface area contributed by atoms with Crippen molar-refractivity contribution in [3.63, 3.8) is 0 Å². The van der Waals surface area contributed by atoms with Gasteiger partial charge in [0.25, 0.3) is 0 Å². The van der Waals surface area contributed by atoms with Crippen molar-refractivity contribution in [3.8, 4) is 0 Å². The third-order valence-corrected chi connectivity index (χ3v) is 2.06. The van der Waals surface area contributed by atoms with Crippen molar-refractivity contribution in [2.24, 2.45) is 4.99 Å². The number of hydrogen-bond donors (Lipinski definition) is 0. The van der Waals surface area contributed by atoms with Gasteiger partial charge in [-0.15, -0.1) is 0 Å². The molecule has 0 aromatic rings. The molecule has 1 aliphatic rings. The number of nitrogens with zero attached hydrogens (tertiary/aromatic N) is 2. The first-order valence-corrected chi connectivity index (χ1v) is 4.10. The number of hydrogen-bond acceptors (Lipinski definition) is 2. The molecular formula is C8H14N2O. The molecule has 0 fully saturated rings. The summed E-state index contributed by atoms with van der Waals surface area (Å²) in [6.07, 6.45) is 3.68. The number of carbonyl (C=O) groups is 1. The van der Waals surface area contributed by atoms with Crippen LogP contribution in [0.15, 0.2) is 4.99 Å². The lowest BCUT2D eigenvalue weighted by molar-refractivity contribution is -0.126. The predicted molar refractivity (Wildman–Crippen MR) is 44.6 cm³/mol. The zero-order valence-corrected chi connectivity index (χ0v) is 7.08. The lowest BCUT2D eigenvalue weighted by Gasteiger charge is -2.21. The van der Waals surface area contributed by atoms with E-state index >= 15 is 0 Å². The van der Waals surface area contributed by atoms with Crippen LogP contribution in [0.25, 0.3) is 0 Å². The highest BCUT2D eigenvalue weighted by atomic mass is 16.2. The van der Waals surface area contributed by atoms with Gasteiger partial charge in [0.1, 0.15) is 6.54 Å². The second kappa shape index (κ2) is 3.51. The minimum Gasteiger partial charge on any atom is -0.299 e. The molecule has 1 aliphatic heterocycles. The summed E-state index contributed by atoms with van der Waals surface area (Å²) in [6, 6.07) is 0.355. The van der Waals surface area contributed by atoms with Crippen molar-refractivity contribution in [2.75, 3.05) is 6.54 Å². The fourth-order valence-corrected chi connectivity index (χ4v) is 1.33. The van der Waals surface area contributed by atoms with E-state index in [1.54, 1.807) is 11.2 Å². The van der Waals surface area contributed by atoms with E-state index in [1.807, 2.05) is 0 Å². The van der Waals surface area contributed by atoms with E-state index in [0.29, 0.717) is 12.6 Å². The molecule has 3 heteroatoms. The van der Waals surface area contributed by atoms with Gasteiger partial charge in [0, 0.05) is 6.04 Å². The van der Waals surface area contributed by atoms with Crippen molar-refractivity contribution in [3.05, 3.63) is 0 Å². The zero-order chi connectivity index (χ0) is 8.27. The summed E-state index contributed by atoms with van der Waals surface area (Å²) in [4.78, 5) is 16.8. The summed E-state index contributed by atoms with van der Waals surface area (Å²) >= 11 is 0. The summed E-state index contributed by atoms with van der Waals surface area (Å²) in [7, 11) is 0. The number of aliphatic imine (C=N–C) groups is 1. The van der Waals surface area contributed by atoms with Crippen molar-refractivity contribution < 1.29 is 4.79 Å². The molecule has 0 aromatic carbocycles. The van der Waals surface area contributed by atoms with E-state index in [4.69, 9.17) is 0 Å². The van der Waals surface area contributed by atoms with Crippen LogP contribution in [0.3, 0.4) is 0 Å². The van der Waals surface area contributed by atoms with E-state index in [0.717, 1.165) is 12.8 Å². The molecule has 0 saturated heterocycles. The number of amides is 1. The van der Waals surface area contributed by atoms with Gasteiger partial charge < -0.3 is 0 Å². The van der Waals surface area contributed by atoms with E-state index < -0.39 is 0 Å². The van der Waals surface area contributed by atoms with Crippen LogP contribution in [0.4, 0.5) is 0 Å². The highest BCUT2D eigenvalue weighted by Gasteiger charge is 2.22. The van der Waals surface area contributed by atoms with Crippen LogP contribution in [0, 0.1) is 0 Å². The van der Waals surface area contributed by atoms with Crippen LogP contribution in [0.5, 0.6) is 0 Å². The molecule has 11 heavy (non-hydrogen) atoms.